The first kappa shape index (κ1) is 23.8. The molecule has 0 radical (unpaired) electrons. The molecule has 2 aliphatic rings. The molecule has 1 aliphatic heterocycles. The monoisotopic (exact) mass is 477 g/mol. The number of carbonyl (C=O) groups is 1. The zero-order chi connectivity index (χ0) is 22.8. The highest BCUT2D eigenvalue weighted by Gasteiger charge is 2.28. The summed E-state index contributed by atoms with van der Waals surface area (Å²) in [5.41, 5.74) is 1.10. The number of hydrogen-bond donors (Lipinski definition) is 1. The minimum atomic E-state index is -0.323. The molecule has 4 unspecified atom stereocenters. The number of rotatable bonds is 7. The van der Waals surface area contributed by atoms with Crippen LogP contribution in [0, 0.1) is 12.8 Å². The highest BCUT2D eigenvalue weighted by Crippen LogP contribution is 2.31. The minimum absolute atomic E-state index is 0.00251. The molecule has 1 aliphatic carbocycles. The van der Waals surface area contributed by atoms with Crippen molar-refractivity contribution in [2.24, 2.45) is 5.92 Å². The van der Waals surface area contributed by atoms with Crippen LogP contribution < -0.4 is 10.9 Å². The molecule has 1 saturated carbocycles. The Morgan fingerprint density at radius 1 is 1.31 bits per heavy atom. The van der Waals surface area contributed by atoms with E-state index in [9.17, 15) is 9.59 Å². The Balaban J connectivity index is 1.62. The normalized spacial score (nSPS) is 24.7. The molecule has 6 nitrogen and oxygen atoms in total. The van der Waals surface area contributed by atoms with E-state index in [-0.39, 0.29) is 28.9 Å². The number of nitrogens with one attached hydrogen (secondary N) is 1. The van der Waals surface area contributed by atoms with Crippen LogP contribution in [0.25, 0.3) is 10.2 Å². The van der Waals surface area contributed by atoms with Crippen molar-refractivity contribution in [3.05, 3.63) is 20.8 Å². The van der Waals surface area contributed by atoms with E-state index < -0.39 is 0 Å². The first-order chi connectivity index (χ1) is 15.4. The molecule has 2 aromatic heterocycles. The van der Waals surface area contributed by atoms with Gasteiger partial charge in [0.2, 0.25) is 5.91 Å². The largest absolute Gasteiger partial charge is 0.376 e. The Morgan fingerprint density at radius 3 is 2.78 bits per heavy atom. The van der Waals surface area contributed by atoms with E-state index in [1.807, 2.05) is 6.92 Å². The molecule has 3 heterocycles. The Bertz CT molecular complexity index is 1030. The number of amides is 1. The molecule has 0 aromatic carbocycles. The van der Waals surface area contributed by atoms with Gasteiger partial charge in [0.15, 0.2) is 5.16 Å². The van der Waals surface area contributed by atoms with Gasteiger partial charge in [0, 0.05) is 17.5 Å². The van der Waals surface area contributed by atoms with Gasteiger partial charge >= 0.3 is 0 Å². The average molecular weight is 478 g/mol. The summed E-state index contributed by atoms with van der Waals surface area (Å²) in [5, 5.41) is 4.30. The fraction of sp³-hybridized carbons (Fsp3) is 0.708. The van der Waals surface area contributed by atoms with Crippen LogP contribution in [0.4, 0.5) is 0 Å². The summed E-state index contributed by atoms with van der Waals surface area (Å²) in [6.45, 7) is 9.52. The SMILES string of the molecule is CCc1c(C)sc2nc(SC(C)C(=O)NC3CCCCC3C)n(CC3CCCO3)c(=O)c12. The fourth-order valence-corrected chi connectivity index (χ4v) is 7.02. The number of nitrogens with zero attached hydrogens (tertiary/aromatic N) is 2. The quantitative estimate of drug-likeness (QED) is 0.463. The highest BCUT2D eigenvalue weighted by atomic mass is 32.2. The molecule has 4 atom stereocenters. The third-order valence-electron chi connectivity index (χ3n) is 6.93. The van der Waals surface area contributed by atoms with Gasteiger partial charge in [-0.05, 0) is 57.4 Å². The maximum atomic E-state index is 13.6. The van der Waals surface area contributed by atoms with Crippen LogP contribution in [0.2, 0.25) is 0 Å². The molecular weight excluding hydrogens is 442 g/mol. The number of ether oxygens (including phenoxy) is 1. The summed E-state index contributed by atoms with van der Waals surface area (Å²) in [5.74, 6) is 0.544. The Morgan fingerprint density at radius 2 is 2.09 bits per heavy atom. The maximum Gasteiger partial charge on any atom is 0.263 e. The second-order valence-electron chi connectivity index (χ2n) is 9.25. The van der Waals surface area contributed by atoms with E-state index in [2.05, 4.69) is 26.1 Å². The zero-order valence-corrected chi connectivity index (χ0v) is 21.2. The number of aryl methyl sites for hydroxylation is 2. The van der Waals surface area contributed by atoms with Crippen molar-refractivity contribution in [2.45, 2.75) is 102 Å². The van der Waals surface area contributed by atoms with Crippen molar-refractivity contribution in [1.82, 2.24) is 14.9 Å². The first-order valence-corrected chi connectivity index (χ1v) is 13.7. The molecule has 0 bridgehead atoms. The predicted octanol–water partition coefficient (Wildman–Crippen LogP) is 4.68. The third kappa shape index (κ3) is 4.92. The maximum absolute atomic E-state index is 13.6. The van der Waals surface area contributed by atoms with Crippen molar-refractivity contribution in [3.8, 4) is 0 Å². The molecule has 1 N–H and O–H groups in total. The van der Waals surface area contributed by atoms with Crippen LogP contribution in [0.1, 0.15) is 69.7 Å². The van der Waals surface area contributed by atoms with Crippen molar-refractivity contribution in [3.63, 3.8) is 0 Å². The van der Waals surface area contributed by atoms with E-state index in [1.165, 1.54) is 31.0 Å². The van der Waals surface area contributed by atoms with Crippen LogP contribution in [0.3, 0.4) is 0 Å². The number of thioether (sulfide) groups is 1. The van der Waals surface area contributed by atoms with Gasteiger partial charge in [-0.3, -0.25) is 14.2 Å². The molecule has 176 valence electrons. The molecule has 8 heteroatoms. The second-order valence-corrected chi connectivity index (χ2v) is 11.8. The summed E-state index contributed by atoms with van der Waals surface area (Å²) in [6.07, 6.45) is 7.46. The topological polar surface area (TPSA) is 73.2 Å². The van der Waals surface area contributed by atoms with Crippen LogP contribution in [0.5, 0.6) is 0 Å². The number of fused-ring (bicyclic) bond motifs is 1. The second kappa shape index (κ2) is 10.3. The minimum Gasteiger partial charge on any atom is -0.376 e. The lowest BCUT2D eigenvalue weighted by Crippen LogP contribution is -2.44. The zero-order valence-electron chi connectivity index (χ0n) is 19.6. The van der Waals surface area contributed by atoms with Gasteiger partial charge in [0.1, 0.15) is 4.83 Å². The molecular formula is C24H35N3O3S2. The fourth-order valence-electron chi connectivity index (χ4n) is 4.94. The van der Waals surface area contributed by atoms with Gasteiger partial charge in [-0.2, -0.15) is 0 Å². The van der Waals surface area contributed by atoms with Gasteiger partial charge in [-0.15, -0.1) is 11.3 Å². The van der Waals surface area contributed by atoms with E-state index in [0.717, 1.165) is 52.9 Å². The van der Waals surface area contributed by atoms with Gasteiger partial charge in [-0.25, -0.2) is 4.98 Å². The summed E-state index contributed by atoms with van der Waals surface area (Å²) in [4.78, 5) is 33.4. The van der Waals surface area contributed by atoms with Crippen LogP contribution in [-0.2, 0) is 22.5 Å². The Hall–Kier alpha value is -1.38. The molecule has 2 fully saturated rings. The van der Waals surface area contributed by atoms with Crippen LogP contribution in [-0.4, -0.2) is 39.5 Å². The summed E-state index contributed by atoms with van der Waals surface area (Å²) >= 11 is 2.97. The van der Waals surface area contributed by atoms with E-state index in [4.69, 9.17) is 9.72 Å². The molecule has 32 heavy (non-hydrogen) atoms. The number of thiophene rings is 1. The molecule has 0 spiro atoms. The van der Waals surface area contributed by atoms with Gasteiger partial charge < -0.3 is 10.1 Å². The number of hydrogen-bond acceptors (Lipinski definition) is 6. The van der Waals surface area contributed by atoms with Crippen molar-refractivity contribution in [1.29, 1.82) is 0 Å². The predicted molar refractivity (Wildman–Crippen MR) is 132 cm³/mol. The number of carbonyl (C=O) groups excluding carboxylic acids is 1. The van der Waals surface area contributed by atoms with Crippen molar-refractivity contribution >= 4 is 39.2 Å². The Kier molecular flexibility index (Phi) is 7.62. The third-order valence-corrected chi connectivity index (χ3v) is 9.06. The summed E-state index contributed by atoms with van der Waals surface area (Å²) < 4.78 is 7.60. The van der Waals surface area contributed by atoms with Gasteiger partial charge in [0.05, 0.1) is 23.3 Å². The van der Waals surface area contributed by atoms with Gasteiger partial charge in [0.25, 0.3) is 5.56 Å². The first-order valence-electron chi connectivity index (χ1n) is 12.0. The Labute approximate surface area is 198 Å². The van der Waals surface area contributed by atoms with Gasteiger partial charge in [-0.1, -0.05) is 38.5 Å². The van der Waals surface area contributed by atoms with Crippen LogP contribution >= 0.6 is 23.1 Å². The van der Waals surface area contributed by atoms with Crippen molar-refractivity contribution in [2.75, 3.05) is 6.61 Å². The molecule has 1 saturated heterocycles. The number of aromatic nitrogens is 2. The lowest BCUT2D eigenvalue weighted by molar-refractivity contribution is -0.121. The lowest BCUT2D eigenvalue weighted by Gasteiger charge is -2.30. The molecule has 4 rings (SSSR count). The van der Waals surface area contributed by atoms with Crippen molar-refractivity contribution < 1.29 is 9.53 Å². The van der Waals surface area contributed by atoms with Crippen LogP contribution in [0.15, 0.2) is 9.95 Å². The lowest BCUT2D eigenvalue weighted by atomic mass is 9.86. The van der Waals surface area contributed by atoms with E-state index in [1.54, 1.807) is 15.9 Å². The van der Waals surface area contributed by atoms with E-state index in [0.29, 0.717) is 17.6 Å². The molecule has 1 amide bonds. The standard InChI is InChI=1S/C24H35N3O3S2/c1-5-18-15(3)31-22-20(18)23(29)27(13-17-10-8-12-30-17)24(26-22)32-16(4)21(28)25-19-11-7-6-9-14(19)2/h14,16-17,19H,5-13H2,1-4H3,(H,25,28). The highest BCUT2D eigenvalue weighted by molar-refractivity contribution is 8.00. The summed E-state index contributed by atoms with van der Waals surface area (Å²) in [7, 11) is 0. The smallest absolute Gasteiger partial charge is 0.263 e. The summed E-state index contributed by atoms with van der Waals surface area (Å²) in [6, 6.07) is 0.246. The molecule has 2 aromatic rings. The van der Waals surface area contributed by atoms with E-state index >= 15 is 0 Å². The average Bonchev–Trinajstić information content (AvgIpc) is 3.39.